The highest BCUT2D eigenvalue weighted by atomic mass is 32.2. The molecule has 0 spiro atoms. The highest BCUT2D eigenvalue weighted by Crippen LogP contribution is 2.16. The summed E-state index contributed by atoms with van der Waals surface area (Å²) in [6, 6.07) is 11.9. The molecule has 0 fully saturated rings. The van der Waals surface area contributed by atoms with Gasteiger partial charge in [-0.15, -0.1) is 0 Å². The zero-order valence-electron chi connectivity index (χ0n) is 16.9. The summed E-state index contributed by atoms with van der Waals surface area (Å²) in [5.74, 6) is 0.822. The number of aryl methyl sites for hydroxylation is 2. The Kier molecular flexibility index (Phi) is 8.48. The van der Waals surface area contributed by atoms with Gasteiger partial charge in [0.25, 0.3) is 0 Å². The van der Waals surface area contributed by atoms with E-state index in [4.69, 9.17) is 14.2 Å². The molecule has 0 atom stereocenters. The second-order valence-corrected chi connectivity index (χ2v) is 8.21. The maximum atomic E-state index is 12.2. The van der Waals surface area contributed by atoms with E-state index in [0.717, 1.165) is 16.9 Å². The molecule has 0 amide bonds. The van der Waals surface area contributed by atoms with Crippen LogP contribution >= 0.6 is 0 Å². The number of carbonyl (C=O) groups excluding carboxylic acids is 1. The second-order valence-electron chi connectivity index (χ2n) is 6.44. The Morgan fingerprint density at radius 2 is 1.59 bits per heavy atom. The van der Waals surface area contributed by atoms with Gasteiger partial charge in [-0.1, -0.05) is 6.07 Å². The molecule has 8 heteroatoms. The van der Waals surface area contributed by atoms with Gasteiger partial charge in [0.15, 0.2) is 0 Å². The number of ether oxygens (including phenoxy) is 3. The zero-order valence-corrected chi connectivity index (χ0v) is 17.8. The molecule has 0 saturated carbocycles. The van der Waals surface area contributed by atoms with Crippen molar-refractivity contribution in [3.63, 3.8) is 0 Å². The van der Waals surface area contributed by atoms with Gasteiger partial charge in [-0.25, -0.2) is 13.1 Å². The van der Waals surface area contributed by atoms with Gasteiger partial charge < -0.3 is 14.2 Å². The van der Waals surface area contributed by atoms with E-state index in [0.29, 0.717) is 12.4 Å². The lowest BCUT2D eigenvalue weighted by Crippen LogP contribution is -2.27. The lowest BCUT2D eigenvalue weighted by atomic mass is 10.1. The lowest BCUT2D eigenvalue weighted by Gasteiger charge is -2.10. The van der Waals surface area contributed by atoms with Gasteiger partial charge in [0, 0.05) is 6.54 Å². The Morgan fingerprint density at radius 3 is 2.21 bits per heavy atom. The van der Waals surface area contributed by atoms with Crippen LogP contribution < -0.4 is 14.2 Å². The third-order valence-corrected chi connectivity index (χ3v) is 5.35. The van der Waals surface area contributed by atoms with Crippen molar-refractivity contribution in [2.24, 2.45) is 0 Å². The van der Waals surface area contributed by atoms with Crippen molar-refractivity contribution in [3.8, 4) is 11.5 Å². The Morgan fingerprint density at radius 1 is 0.931 bits per heavy atom. The molecule has 2 aromatic rings. The van der Waals surface area contributed by atoms with Crippen molar-refractivity contribution in [2.75, 3.05) is 26.4 Å². The number of nitrogens with one attached hydrogen (secondary N) is 1. The molecule has 0 aliphatic carbocycles. The van der Waals surface area contributed by atoms with Crippen molar-refractivity contribution in [1.29, 1.82) is 0 Å². The van der Waals surface area contributed by atoms with Crippen molar-refractivity contribution in [1.82, 2.24) is 4.72 Å². The number of sulfonamides is 1. The van der Waals surface area contributed by atoms with Gasteiger partial charge >= 0.3 is 5.97 Å². The molecule has 2 aromatic carbocycles. The monoisotopic (exact) mass is 421 g/mol. The van der Waals surface area contributed by atoms with Crippen LogP contribution in [-0.4, -0.2) is 40.8 Å². The van der Waals surface area contributed by atoms with Crippen LogP contribution in [0.5, 0.6) is 11.5 Å². The van der Waals surface area contributed by atoms with E-state index in [1.54, 1.807) is 12.1 Å². The molecule has 0 aliphatic rings. The quantitative estimate of drug-likeness (QED) is 0.443. The fourth-order valence-electron chi connectivity index (χ4n) is 2.66. The van der Waals surface area contributed by atoms with Crippen LogP contribution in [0.4, 0.5) is 0 Å². The first-order chi connectivity index (χ1) is 13.8. The largest absolute Gasteiger partial charge is 0.494 e. The minimum atomic E-state index is -3.70. The molecule has 0 unspecified atom stereocenters. The summed E-state index contributed by atoms with van der Waals surface area (Å²) in [5, 5.41) is 0. The van der Waals surface area contributed by atoms with Crippen LogP contribution in [0.25, 0.3) is 0 Å². The standard InChI is InChI=1S/C21H27NO6S/c1-4-26-18-5-7-20(8-6-18)29(24,25)22-10-9-21(23)28-12-11-27-19-14-16(2)13-17(3)15-19/h5-8,13-15,22H,4,9-12H2,1-3H3. The number of benzene rings is 2. The van der Waals surface area contributed by atoms with Crippen LogP contribution in [0.15, 0.2) is 47.4 Å². The van der Waals surface area contributed by atoms with Crippen LogP contribution in [0.3, 0.4) is 0 Å². The summed E-state index contributed by atoms with van der Waals surface area (Å²) >= 11 is 0. The van der Waals surface area contributed by atoms with E-state index in [2.05, 4.69) is 4.72 Å². The van der Waals surface area contributed by atoms with E-state index < -0.39 is 16.0 Å². The van der Waals surface area contributed by atoms with Crippen LogP contribution in [-0.2, 0) is 19.6 Å². The molecule has 0 aliphatic heterocycles. The van der Waals surface area contributed by atoms with Crippen molar-refractivity contribution >= 4 is 16.0 Å². The summed E-state index contributed by atoms with van der Waals surface area (Å²) in [5.41, 5.74) is 2.19. The van der Waals surface area contributed by atoms with Crippen molar-refractivity contribution in [2.45, 2.75) is 32.1 Å². The first-order valence-electron chi connectivity index (χ1n) is 9.39. The highest BCUT2D eigenvalue weighted by Gasteiger charge is 2.14. The van der Waals surface area contributed by atoms with Crippen molar-refractivity contribution < 1.29 is 27.4 Å². The first-order valence-corrected chi connectivity index (χ1v) is 10.9. The average molecular weight is 422 g/mol. The van der Waals surface area contributed by atoms with Crippen molar-refractivity contribution in [3.05, 3.63) is 53.6 Å². The maximum absolute atomic E-state index is 12.2. The Bertz CT molecular complexity index is 889. The van der Waals surface area contributed by atoms with E-state index in [1.807, 2.05) is 39.0 Å². The van der Waals surface area contributed by atoms with Gasteiger partial charge in [0.2, 0.25) is 10.0 Å². The van der Waals surface area contributed by atoms with Crippen LogP contribution in [0, 0.1) is 13.8 Å². The molecule has 29 heavy (non-hydrogen) atoms. The topological polar surface area (TPSA) is 90.9 Å². The minimum Gasteiger partial charge on any atom is -0.494 e. The first kappa shape index (κ1) is 22.7. The molecule has 2 rings (SSSR count). The maximum Gasteiger partial charge on any atom is 0.307 e. The predicted molar refractivity (Wildman–Crippen MR) is 110 cm³/mol. The molecule has 0 heterocycles. The van der Waals surface area contributed by atoms with E-state index in [-0.39, 0.29) is 31.1 Å². The minimum absolute atomic E-state index is 0.0493. The molecular formula is C21H27NO6S. The molecular weight excluding hydrogens is 394 g/mol. The fraction of sp³-hybridized carbons (Fsp3) is 0.381. The number of carbonyl (C=O) groups is 1. The van der Waals surface area contributed by atoms with E-state index in [9.17, 15) is 13.2 Å². The predicted octanol–water partition coefficient (Wildman–Crippen LogP) is 2.99. The average Bonchev–Trinajstić information content (AvgIpc) is 2.65. The number of hydrogen-bond donors (Lipinski definition) is 1. The summed E-state index contributed by atoms with van der Waals surface area (Å²) in [6.07, 6.45) is -0.0696. The summed E-state index contributed by atoms with van der Waals surface area (Å²) in [4.78, 5) is 11.9. The molecule has 0 saturated heterocycles. The number of rotatable bonds is 11. The highest BCUT2D eigenvalue weighted by molar-refractivity contribution is 7.89. The molecule has 1 N–H and O–H groups in total. The van der Waals surface area contributed by atoms with Gasteiger partial charge in [-0.3, -0.25) is 4.79 Å². The van der Waals surface area contributed by atoms with Gasteiger partial charge in [-0.2, -0.15) is 0 Å². The van der Waals surface area contributed by atoms with Gasteiger partial charge in [-0.05, 0) is 68.3 Å². The van der Waals surface area contributed by atoms with E-state index in [1.165, 1.54) is 12.1 Å². The molecule has 7 nitrogen and oxygen atoms in total. The molecule has 158 valence electrons. The summed E-state index contributed by atoms with van der Waals surface area (Å²) < 4.78 is 42.8. The smallest absolute Gasteiger partial charge is 0.307 e. The zero-order chi connectivity index (χ0) is 21.3. The number of esters is 1. The van der Waals surface area contributed by atoms with E-state index >= 15 is 0 Å². The Balaban J connectivity index is 1.69. The lowest BCUT2D eigenvalue weighted by molar-refractivity contribution is -0.144. The van der Waals surface area contributed by atoms with Gasteiger partial charge in [0.1, 0.15) is 24.7 Å². The number of hydrogen-bond acceptors (Lipinski definition) is 6. The molecule has 0 bridgehead atoms. The Hall–Kier alpha value is -2.58. The van der Waals surface area contributed by atoms with Crippen LogP contribution in [0.1, 0.15) is 24.5 Å². The third-order valence-electron chi connectivity index (χ3n) is 3.88. The Labute approximate surface area is 172 Å². The molecule has 0 aromatic heterocycles. The van der Waals surface area contributed by atoms with Crippen LogP contribution in [0.2, 0.25) is 0 Å². The second kappa shape index (κ2) is 10.8. The molecule has 0 radical (unpaired) electrons. The normalized spacial score (nSPS) is 11.1. The fourth-order valence-corrected chi connectivity index (χ4v) is 3.69. The summed E-state index contributed by atoms with van der Waals surface area (Å²) in [6.45, 7) is 6.59. The summed E-state index contributed by atoms with van der Waals surface area (Å²) in [7, 11) is -3.70. The SMILES string of the molecule is CCOc1ccc(S(=O)(=O)NCCC(=O)OCCOc2cc(C)cc(C)c2)cc1. The van der Waals surface area contributed by atoms with Gasteiger partial charge in [0.05, 0.1) is 17.9 Å². The third kappa shape index (κ3) is 7.75.